The molecule has 1 aliphatic heterocycles. The van der Waals surface area contributed by atoms with Crippen LogP contribution in [0.4, 0.5) is 5.69 Å². The highest BCUT2D eigenvalue weighted by atomic mass is 16.5. The van der Waals surface area contributed by atoms with Gasteiger partial charge in [-0.2, -0.15) is 0 Å². The predicted molar refractivity (Wildman–Crippen MR) is 183 cm³/mol. The van der Waals surface area contributed by atoms with Gasteiger partial charge in [0.05, 0.1) is 23.6 Å². The number of fused-ring (bicyclic) bond motifs is 2. The van der Waals surface area contributed by atoms with Crippen LogP contribution >= 0.6 is 0 Å². The Labute approximate surface area is 266 Å². The largest absolute Gasteiger partial charge is 0.396 e. The molecule has 246 valence electrons. The highest BCUT2D eigenvalue weighted by Crippen LogP contribution is 2.36. The Balaban J connectivity index is 0.000000805. The van der Waals surface area contributed by atoms with Crippen LogP contribution in [-0.4, -0.2) is 50.4 Å². The number of ether oxygens (including phenoxy) is 1. The van der Waals surface area contributed by atoms with Crippen molar-refractivity contribution in [3.63, 3.8) is 0 Å². The number of unbranched alkanes of at least 4 members (excludes halogenated alkanes) is 1. The number of nitrogens with one attached hydrogen (secondary N) is 1. The number of hydrazine groups is 1. The molecule has 2 amide bonds. The minimum Gasteiger partial charge on any atom is -0.396 e. The molecule has 1 heterocycles. The normalized spacial score (nSPS) is 13.5. The summed E-state index contributed by atoms with van der Waals surface area (Å²) < 4.78 is 4.88. The number of para-hydroxylation sites is 1. The molecule has 0 aliphatic carbocycles. The van der Waals surface area contributed by atoms with E-state index in [0.717, 1.165) is 66.7 Å². The summed E-state index contributed by atoms with van der Waals surface area (Å²) in [6, 6.07) is 15.7. The maximum absolute atomic E-state index is 12.8. The van der Waals surface area contributed by atoms with Crippen molar-refractivity contribution in [2.45, 2.75) is 87.1 Å². The summed E-state index contributed by atoms with van der Waals surface area (Å²) in [5.74, 6) is 6.45. The fraction of sp³-hybridized carbons (Fsp3) is 0.514. The monoisotopic (exact) mass is 611 g/mol. The lowest BCUT2D eigenvalue weighted by molar-refractivity contribution is -0.125. The molecule has 44 heavy (non-hydrogen) atoms. The smallest absolute Gasteiger partial charge is 0.227 e. The Morgan fingerprint density at radius 1 is 1.05 bits per heavy atom. The van der Waals surface area contributed by atoms with Crippen molar-refractivity contribution in [3.8, 4) is 0 Å². The van der Waals surface area contributed by atoms with Gasteiger partial charge in [0.15, 0.2) is 0 Å². The summed E-state index contributed by atoms with van der Waals surface area (Å²) >= 11 is 0. The second-order valence-corrected chi connectivity index (χ2v) is 10.9. The zero-order valence-electron chi connectivity index (χ0n) is 28.5. The van der Waals surface area contributed by atoms with Crippen LogP contribution in [0.1, 0.15) is 97.3 Å². The number of hydrogen-bond donors (Lipinski definition) is 3. The Morgan fingerprint density at radius 2 is 1.64 bits per heavy atom. The number of amides is 2. The minimum absolute atomic E-state index is 0.101. The molecule has 1 aliphatic rings. The van der Waals surface area contributed by atoms with E-state index in [2.05, 4.69) is 12.2 Å². The quantitative estimate of drug-likeness (QED) is 0.121. The highest BCUT2D eigenvalue weighted by molar-refractivity contribution is 6.01. The Hall–Kier alpha value is -3.69. The van der Waals surface area contributed by atoms with E-state index in [1.807, 2.05) is 88.0 Å². The molecule has 0 aromatic heterocycles. The number of anilines is 1. The lowest BCUT2D eigenvalue weighted by atomic mass is 9.86. The fourth-order valence-electron chi connectivity index (χ4n) is 4.18. The molecular formula is C35H57N5O4. The van der Waals surface area contributed by atoms with Crippen molar-refractivity contribution < 1.29 is 19.1 Å². The van der Waals surface area contributed by atoms with E-state index in [9.17, 15) is 14.4 Å². The van der Waals surface area contributed by atoms with Gasteiger partial charge in [-0.05, 0) is 37.8 Å². The van der Waals surface area contributed by atoms with E-state index in [-0.39, 0.29) is 17.1 Å². The van der Waals surface area contributed by atoms with Crippen molar-refractivity contribution >= 4 is 35.2 Å². The van der Waals surface area contributed by atoms with Gasteiger partial charge in [0, 0.05) is 50.3 Å². The molecule has 9 heteroatoms. The lowest BCUT2D eigenvalue weighted by Gasteiger charge is -2.32. The third-order valence-corrected chi connectivity index (χ3v) is 7.10. The summed E-state index contributed by atoms with van der Waals surface area (Å²) in [6.45, 7) is 15.6. The SMILES string of the molecule is CC.CCCC(=O)N1Cc2ccccc2/C(N)=C(/N(C)N)c2ccccc21.CCCCNC=O.COCCC(C)(C)C(C)=O. The molecular weight excluding hydrogens is 554 g/mol. The minimum atomic E-state index is -0.212. The van der Waals surface area contributed by atoms with E-state index in [0.29, 0.717) is 25.3 Å². The number of methoxy groups -OCH3 is 1. The second-order valence-electron chi connectivity index (χ2n) is 10.9. The van der Waals surface area contributed by atoms with Gasteiger partial charge in [0.2, 0.25) is 12.3 Å². The summed E-state index contributed by atoms with van der Waals surface area (Å²) in [5, 5.41) is 4.10. The molecule has 5 N–H and O–H groups in total. The van der Waals surface area contributed by atoms with Crippen LogP contribution in [-0.2, 0) is 25.7 Å². The van der Waals surface area contributed by atoms with Gasteiger partial charge in [-0.25, -0.2) is 5.84 Å². The molecule has 0 bridgehead atoms. The molecule has 0 radical (unpaired) electrons. The Kier molecular flexibility index (Phi) is 20.1. The standard InChI is InChI=1S/C20H24N4O.C8H16O2.C5H11NO.C2H6/c1-3-8-18(25)24-13-14-9-4-5-10-15(14)19(21)20(23(2)22)16-11-6-7-12-17(16)24;1-7(9)8(2,3)5-6-10-4;1-2-3-4-6-5-7;1-2/h4-7,9-12H,3,8,13,21-22H2,1-2H3;5-6H2,1-4H3;5H,2-4H2,1H3,(H,6,7);1-2H3/b20-19-;;;. The van der Waals surface area contributed by atoms with Gasteiger partial charge in [-0.3, -0.25) is 14.4 Å². The molecule has 9 nitrogen and oxygen atoms in total. The van der Waals surface area contributed by atoms with Gasteiger partial charge in [-0.15, -0.1) is 0 Å². The molecule has 3 rings (SSSR count). The van der Waals surface area contributed by atoms with Crippen LogP contribution in [0.2, 0.25) is 0 Å². The first kappa shape index (κ1) is 40.3. The summed E-state index contributed by atoms with van der Waals surface area (Å²) in [7, 11) is 3.41. The maximum atomic E-state index is 12.8. The van der Waals surface area contributed by atoms with Crippen LogP contribution in [0.25, 0.3) is 11.4 Å². The Morgan fingerprint density at radius 3 is 2.16 bits per heavy atom. The third kappa shape index (κ3) is 12.9. The van der Waals surface area contributed by atoms with E-state index >= 15 is 0 Å². The van der Waals surface area contributed by atoms with Gasteiger partial charge in [0.25, 0.3) is 0 Å². The van der Waals surface area contributed by atoms with Gasteiger partial charge < -0.3 is 25.7 Å². The number of carbonyl (C=O) groups excluding carboxylic acids is 3. The molecule has 0 saturated carbocycles. The van der Waals surface area contributed by atoms with Crippen molar-refractivity contribution in [1.29, 1.82) is 0 Å². The van der Waals surface area contributed by atoms with Crippen molar-refractivity contribution in [1.82, 2.24) is 10.3 Å². The molecule has 0 fully saturated rings. The fourth-order valence-corrected chi connectivity index (χ4v) is 4.18. The zero-order valence-corrected chi connectivity index (χ0v) is 28.5. The average molecular weight is 612 g/mol. The summed E-state index contributed by atoms with van der Waals surface area (Å²) in [4.78, 5) is 35.2. The first-order chi connectivity index (χ1) is 21.0. The highest BCUT2D eigenvalue weighted by Gasteiger charge is 2.26. The summed E-state index contributed by atoms with van der Waals surface area (Å²) in [5.41, 5.74) is 11.3. The first-order valence-electron chi connectivity index (χ1n) is 15.6. The van der Waals surface area contributed by atoms with Crippen molar-refractivity contribution in [2.75, 3.05) is 32.2 Å². The van der Waals surface area contributed by atoms with Crippen LogP contribution in [0.15, 0.2) is 48.5 Å². The van der Waals surface area contributed by atoms with Crippen molar-refractivity contribution in [3.05, 3.63) is 65.2 Å². The molecule has 0 spiro atoms. The molecule has 2 aromatic carbocycles. The first-order valence-corrected chi connectivity index (χ1v) is 15.6. The molecule has 0 unspecified atom stereocenters. The second kappa shape index (κ2) is 21.9. The topological polar surface area (TPSA) is 131 Å². The van der Waals surface area contributed by atoms with E-state index in [1.54, 1.807) is 21.1 Å². The maximum Gasteiger partial charge on any atom is 0.227 e. The molecule has 0 saturated heterocycles. The van der Waals surface area contributed by atoms with Crippen LogP contribution in [0, 0.1) is 5.41 Å². The number of nitrogens with zero attached hydrogens (tertiary/aromatic N) is 2. The number of nitrogens with two attached hydrogens (primary N) is 2. The lowest BCUT2D eigenvalue weighted by Crippen LogP contribution is -2.35. The third-order valence-electron chi connectivity index (χ3n) is 7.10. The number of rotatable bonds is 11. The number of ketones is 1. The van der Waals surface area contributed by atoms with Crippen molar-refractivity contribution in [2.24, 2.45) is 17.0 Å². The molecule has 0 atom stereocenters. The summed E-state index contributed by atoms with van der Waals surface area (Å²) in [6.07, 6.45) is 5.07. The number of benzene rings is 2. The number of hydrogen-bond acceptors (Lipinski definition) is 7. The van der Waals surface area contributed by atoms with Gasteiger partial charge >= 0.3 is 0 Å². The predicted octanol–water partition coefficient (Wildman–Crippen LogP) is 6.12. The van der Waals surface area contributed by atoms with E-state index in [1.165, 1.54) is 5.01 Å². The van der Waals surface area contributed by atoms with Crippen LogP contribution in [0.5, 0.6) is 0 Å². The Bertz CT molecular complexity index is 1180. The number of carbonyl (C=O) groups is 3. The van der Waals surface area contributed by atoms with Gasteiger partial charge in [0.1, 0.15) is 5.78 Å². The van der Waals surface area contributed by atoms with Crippen LogP contribution in [0.3, 0.4) is 0 Å². The van der Waals surface area contributed by atoms with E-state index in [4.69, 9.17) is 16.3 Å². The zero-order chi connectivity index (χ0) is 33.7. The van der Waals surface area contributed by atoms with E-state index < -0.39 is 0 Å². The number of Topliss-reactive ketones (excluding diaryl/α,β-unsaturated/α-hetero) is 1. The molecule has 2 aromatic rings. The van der Waals surface area contributed by atoms with Gasteiger partial charge in [-0.1, -0.05) is 90.4 Å². The average Bonchev–Trinajstić information content (AvgIpc) is 3.00. The van der Waals surface area contributed by atoms with Crippen LogP contribution < -0.4 is 21.8 Å².